The predicted octanol–water partition coefficient (Wildman–Crippen LogP) is 2.34. The van der Waals surface area contributed by atoms with Gasteiger partial charge in [-0.3, -0.25) is 9.59 Å². The van der Waals surface area contributed by atoms with Crippen LogP contribution in [0.5, 0.6) is 11.5 Å². The van der Waals surface area contributed by atoms with Crippen LogP contribution in [0.1, 0.15) is 36.7 Å². The van der Waals surface area contributed by atoms with Crippen LogP contribution in [0.4, 0.5) is 5.69 Å². The van der Waals surface area contributed by atoms with Crippen LogP contribution in [-0.2, 0) is 11.3 Å². The summed E-state index contributed by atoms with van der Waals surface area (Å²) < 4.78 is 10.9. The number of methoxy groups -OCH3 is 1. The normalized spacial score (nSPS) is 12.8. The summed E-state index contributed by atoms with van der Waals surface area (Å²) >= 11 is 0. The second-order valence-corrected chi connectivity index (χ2v) is 6.79. The van der Waals surface area contributed by atoms with E-state index in [-0.39, 0.29) is 17.7 Å². The first-order valence-electron chi connectivity index (χ1n) is 9.39. The van der Waals surface area contributed by atoms with Crippen LogP contribution in [0.2, 0.25) is 0 Å². The van der Waals surface area contributed by atoms with E-state index in [1.54, 1.807) is 31.4 Å². The third-order valence-corrected chi connectivity index (χ3v) is 4.70. The minimum absolute atomic E-state index is 0.00112. The summed E-state index contributed by atoms with van der Waals surface area (Å²) in [5.41, 5.74) is 2.36. The number of hydrogen-bond acceptors (Lipinski definition) is 4. The van der Waals surface area contributed by atoms with Crippen LogP contribution in [0, 0.1) is 0 Å². The maximum absolute atomic E-state index is 12.6. The Kier molecular flexibility index (Phi) is 7.58. The maximum Gasteiger partial charge on any atom is 0.282 e. The first-order valence-corrected chi connectivity index (χ1v) is 9.39. The second kappa shape index (κ2) is 9.90. The summed E-state index contributed by atoms with van der Waals surface area (Å²) in [7, 11) is 3.59. The molecular formula is C22H29N2O4+. The summed E-state index contributed by atoms with van der Waals surface area (Å²) in [6, 6.07) is 12.5. The molecule has 6 heteroatoms. The number of ether oxygens (including phenoxy) is 2. The Labute approximate surface area is 166 Å². The van der Waals surface area contributed by atoms with Gasteiger partial charge in [0.1, 0.15) is 6.54 Å². The molecule has 2 aromatic rings. The monoisotopic (exact) mass is 385 g/mol. The highest BCUT2D eigenvalue weighted by Gasteiger charge is 2.22. The van der Waals surface area contributed by atoms with Gasteiger partial charge in [0.2, 0.25) is 0 Å². The summed E-state index contributed by atoms with van der Waals surface area (Å²) in [6.45, 7) is 6.58. The maximum atomic E-state index is 12.6. The molecule has 0 aliphatic rings. The molecule has 6 nitrogen and oxygen atoms in total. The number of ketones is 1. The highest BCUT2D eigenvalue weighted by Crippen LogP contribution is 2.27. The van der Waals surface area contributed by atoms with E-state index in [4.69, 9.17) is 9.47 Å². The number of carbonyl (C=O) groups excluding carboxylic acids is 2. The van der Waals surface area contributed by atoms with Gasteiger partial charge in [-0.2, -0.15) is 0 Å². The molecule has 0 fully saturated rings. The highest BCUT2D eigenvalue weighted by atomic mass is 16.5. The Morgan fingerprint density at radius 3 is 2.36 bits per heavy atom. The van der Waals surface area contributed by atoms with Crippen molar-refractivity contribution in [3.8, 4) is 11.5 Å². The molecule has 0 aliphatic carbocycles. The lowest BCUT2D eigenvalue weighted by Crippen LogP contribution is -3.12. The second-order valence-electron chi connectivity index (χ2n) is 6.79. The van der Waals surface area contributed by atoms with Gasteiger partial charge < -0.3 is 19.7 Å². The number of benzene rings is 2. The van der Waals surface area contributed by atoms with Crippen molar-refractivity contribution in [1.29, 1.82) is 0 Å². The molecule has 0 bridgehead atoms. The molecule has 0 saturated carbocycles. The van der Waals surface area contributed by atoms with Crippen molar-refractivity contribution in [3.05, 3.63) is 53.6 Å². The van der Waals surface area contributed by atoms with Gasteiger partial charge in [-0.25, -0.2) is 0 Å². The fourth-order valence-corrected chi connectivity index (χ4v) is 2.83. The molecule has 0 aliphatic heterocycles. The predicted molar refractivity (Wildman–Crippen MR) is 109 cm³/mol. The van der Waals surface area contributed by atoms with E-state index in [1.165, 1.54) is 6.92 Å². The molecule has 0 aromatic heterocycles. The highest BCUT2D eigenvalue weighted by molar-refractivity contribution is 5.96. The lowest BCUT2D eigenvalue weighted by Gasteiger charge is -2.21. The van der Waals surface area contributed by atoms with Gasteiger partial charge in [-0.1, -0.05) is 0 Å². The van der Waals surface area contributed by atoms with E-state index >= 15 is 0 Å². The van der Waals surface area contributed by atoms with Crippen LogP contribution in [-0.4, -0.2) is 38.5 Å². The molecule has 0 radical (unpaired) electrons. The first kappa shape index (κ1) is 21.4. The molecule has 2 rings (SSSR count). The SMILES string of the molecule is CCOc1ccc(C[NH+](C)[C@H](C)C(=O)Nc2ccc(C(C)=O)cc2)cc1OC. The van der Waals surface area contributed by atoms with Gasteiger partial charge in [0.15, 0.2) is 23.3 Å². The molecule has 0 heterocycles. The quantitative estimate of drug-likeness (QED) is 0.650. The van der Waals surface area contributed by atoms with Gasteiger partial charge in [-0.15, -0.1) is 0 Å². The van der Waals surface area contributed by atoms with Crippen LogP contribution < -0.4 is 19.7 Å². The van der Waals surface area contributed by atoms with Gasteiger partial charge in [-0.05, 0) is 63.2 Å². The van der Waals surface area contributed by atoms with Crippen molar-refractivity contribution in [3.63, 3.8) is 0 Å². The van der Waals surface area contributed by atoms with E-state index in [0.717, 1.165) is 10.5 Å². The average Bonchev–Trinajstić information content (AvgIpc) is 2.68. The molecule has 1 unspecified atom stereocenters. The standard InChI is InChI=1S/C22H28N2O4/c1-6-28-20-12-7-17(13-21(20)27-5)14-24(4)15(2)22(26)23-19-10-8-18(9-11-19)16(3)25/h7-13,15H,6,14H2,1-5H3,(H,23,26)/p+1/t15-/m1/s1. The van der Waals surface area contributed by atoms with Crippen molar-refractivity contribution in [2.75, 3.05) is 26.1 Å². The van der Waals surface area contributed by atoms with Crippen molar-refractivity contribution >= 4 is 17.4 Å². The van der Waals surface area contributed by atoms with E-state index in [2.05, 4.69) is 5.32 Å². The fourth-order valence-electron chi connectivity index (χ4n) is 2.83. The minimum atomic E-state index is -0.259. The molecular weight excluding hydrogens is 356 g/mol. The Balaban J connectivity index is 2.00. The van der Waals surface area contributed by atoms with Crippen molar-refractivity contribution in [2.24, 2.45) is 0 Å². The largest absolute Gasteiger partial charge is 0.493 e. The van der Waals surface area contributed by atoms with Gasteiger partial charge in [0.05, 0.1) is 20.8 Å². The number of hydrogen-bond donors (Lipinski definition) is 2. The number of carbonyl (C=O) groups is 2. The minimum Gasteiger partial charge on any atom is -0.493 e. The zero-order valence-electron chi connectivity index (χ0n) is 17.2. The molecule has 1 amide bonds. The van der Waals surface area contributed by atoms with Crippen molar-refractivity contribution < 1.29 is 24.0 Å². The summed E-state index contributed by atoms with van der Waals surface area (Å²) in [5.74, 6) is 1.33. The number of amides is 1. The molecule has 0 spiro atoms. The average molecular weight is 385 g/mol. The molecule has 0 saturated heterocycles. The summed E-state index contributed by atoms with van der Waals surface area (Å²) in [6.07, 6.45) is 0. The zero-order chi connectivity index (χ0) is 20.7. The summed E-state index contributed by atoms with van der Waals surface area (Å²) in [4.78, 5) is 25.0. The van der Waals surface area contributed by atoms with Crippen molar-refractivity contribution in [1.82, 2.24) is 0 Å². The third kappa shape index (κ3) is 5.57. The number of anilines is 1. The smallest absolute Gasteiger partial charge is 0.282 e. The molecule has 150 valence electrons. The topological polar surface area (TPSA) is 69.1 Å². The lowest BCUT2D eigenvalue weighted by molar-refractivity contribution is -0.907. The third-order valence-electron chi connectivity index (χ3n) is 4.70. The Morgan fingerprint density at radius 1 is 1.11 bits per heavy atom. The number of Topliss-reactive ketones (excluding diaryl/α,β-unsaturated/α-hetero) is 1. The van der Waals surface area contributed by atoms with Gasteiger partial charge in [0.25, 0.3) is 5.91 Å². The number of rotatable bonds is 9. The van der Waals surface area contributed by atoms with E-state index < -0.39 is 0 Å². The number of likely N-dealkylation sites (N-methyl/N-ethyl adjacent to an activating group) is 1. The Morgan fingerprint density at radius 2 is 1.79 bits per heavy atom. The Bertz CT molecular complexity index is 818. The fraction of sp³-hybridized carbons (Fsp3) is 0.364. The van der Waals surface area contributed by atoms with Crippen LogP contribution >= 0.6 is 0 Å². The molecule has 2 atom stereocenters. The Hall–Kier alpha value is -2.86. The van der Waals surface area contributed by atoms with E-state index in [9.17, 15) is 9.59 Å². The van der Waals surface area contributed by atoms with Crippen molar-refractivity contribution in [2.45, 2.75) is 33.4 Å². The molecule has 28 heavy (non-hydrogen) atoms. The number of nitrogens with one attached hydrogen (secondary N) is 2. The number of quaternary nitrogens is 1. The summed E-state index contributed by atoms with van der Waals surface area (Å²) in [5, 5.41) is 2.91. The van der Waals surface area contributed by atoms with Gasteiger partial charge >= 0.3 is 0 Å². The van der Waals surface area contributed by atoms with Gasteiger partial charge in [0, 0.05) is 16.8 Å². The lowest BCUT2D eigenvalue weighted by atomic mass is 10.1. The molecule has 2 aromatic carbocycles. The van der Waals surface area contributed by atoms with E-state index in [1.807, 2.05) is 39.1 Å². The molecule has 2 N–H and O–H groups in total. The van der Waals surface area contributed by atoms with Crippen LogP contribution in [0.3, 0.4) is 0 Å². The van der Waals surface area contributed by atoms with Crippen LogP contribution in [0.15, 0.2) is 42.5 Å². The first-order chi connectivity index (χ1) is 13.3. The van der Waals surface area contributed by atoms with E-state index in [0.29, 0.717) is 35.9 Å². The zero-order valence-corrected chi connectivity index (χ0v) is 17.2. The van der Waals surface area contributed by atoms with Crippen LogP contribution in [0.25, 0.3) is 0 Å².